The van der Waals surface area contributed by atoms with Gasteiger partial charge in [0.1, 0.15) is 5.82 Å². The van der Waals surface area contributed by atoms with Crippen molar-refractivity contribution in [1.82, 2.24) is 4.31 Å². The summed E-state index contributed by atoms with van der Waals surface area (Å²) in [6.07, 6.45) is 1.61. The molecule has 0 radical (unpaired) electrons. The summed E-state index contributed by atoms with van der Waals surface area (Å²) in [6, 6.07) is 3.43. The Labute approximate surface area is 113 Å². The summed E-state index contributed by atoms with van der Waals surface area (Å²) in [5, 5.41) is 0. The minimum Gasteiger partial charge on any atom is -0.399 e. The summed E-state index contributed by atoms with van der Waals surface area (Å²) >= 11 is 0. The molecule has 1 aliphatic heterocycles. The van der Waals surface area contributed by atoms with Gasteiger partial charge in [-0.05, 0) is 36.5 Å². The summed E-state index contributed by atoms with van der Waals surface area (Å²) in [4.78, 5) is -0.0651. The molecule has 1 saturated heterocycles. The number of hydrogen-bond acceptors (Lipinski definition) is 3. The van der Waals surface area contributed by atoms with Gasteiger partial charge >= 0.3 is 0 Å². The van der Waals surface area contributed by atoms with Gasteiger partial charge in [0, 0.05) is 18.8 Å². The summed E-state index contributed by atoms with van der Waals surface area (Å²) in [5.74, 6) is -0.629. The van der Waals surface area contributed by atoms with Crippen molar-refractivity contribution < 1.29 is 12.8 Å². The molecule has 1 aromatic carbocycles. The maximum atomic E-state index is 13.3. The van der Waals surface area contributed by atoms with Gasteiger partial charge in [0.2, 0.25) is 10.0 Å². The molecule has 0 aliphatic carbocycles. The largest absolute Gasteiger partial charge is 0.399 e. The monoisotopic (exact) mass is 286 g/mol. The van der Waals surface area contributed by atoms with Crippen molar-refractivity contribution in [2.24, 2.45) is 5.41 Å². The average molecular weight is 286 g/mol. The molecule has 4 nitrogen and oxygen atoms in total. The van der Waals surface area contributed by atoms with Crippen LogP contribution in [-0.4, -0.2) is 25.8 Å². The van der Waals surface area contributed by atoms with Gasteiger partial charge in [-0.25, -0.2) is 12.8 Å². The summed E-state index contributed by atoms with van der Waals surface area (Å²) in [5.41, 5.74) is 5.79. The average Bonchev–Trinajstić information content (AvgIpc) is 2.27. The lowest BCUT2D eigenvalue weighted by Crippen LogP contribution is -2.41. The van der Waals surface area contributed by atoms with Crippen molar-refractivity contribution in [2.75, 3.05) is 18.8 Å². The van der Waals surface area contributed by atoms with Crippen LogP contribution in [0.3, 0.4) is 0 Å². The molecule has 1 aromatic rings. The molecule has 0 amide bonds. The maximum absolute atomic E-state index is 13.3. The summed E-state index contributed by atoms with van der Waals surface area (Å²) in [6.45, 7) is 5.17. The highest BCUT2D eigenvalue weighted by Gasteiger charge is 2.32. The number of nitrogens with zero attached hydrogens (tertiary/aromatic N) is 1. The lowest BCUT2D eigenvalue weighted by atomic mass is 9.83. The third-order valence-corrected chi connectivity index (χ3v) is 5.48. The predicted molar refractivity (Wildman–Crippen MR) is 72.6 cm³/mol. The summed E-state index contributed by atoms with van der Waals surface area (Å²) < 4.78 is 39.5. The smallest absolute Gasteiger partial charge is 0.243 e. The van der Waals surface area contributed by atoms with E-state index in [0.29, 0.717) is 13.1 Å². The van der Waals surface area contributed by atoms with Gasteiger partial charge in [0.05, 0.1) is 4.90 Å². The molecule has 0 atom stereocenters. The highest BCUT2D eigenvalue weighted by atomic mass is 32.2. The second-order valence-corrected chi connectivity index (χ2v) is 7.73. The van der Waals surface area contributed by atoms with E-state index in [0.717, 1.165) is 25.0 Å². The van der Waals surface area contributed by atoms with Crippen LogP contribution in [-0.2, 0) is 10.0 Å². The van der Waals surface area contributed by atoms with Gasteiger partial charge in [-0.1, -0.05) is 13.8 Å². The lowest BCUT2D eigenvalue weighted by Gasteiger charge is -2.36. The van der Waals surface area contributed by atoms with Crippen molar-refractivity contribution >= 4 is 15.7 Å². The van der Waals surface area contributed by atoms with Crippen LogP contribution >= 0.6 is 0 Å². The molecule has 0 spiro atoms. The van der Waals surface area contributed by atoms with Gasteiger partial charge in [-0.3, -0.25) is 0 Å². The number of nitrogen functional groups attached to an aromatic ring is 1. The molecule has 1 fully saturated rings. The fourth-order valence-electron chi connectivity index (χ4n) is 2.21. The van der Waals surface area contributed by atoms with Crippen LogP contribution in [0.4, 0.5) is 10.1 Å². The predicted octanol–water partition coefficient (Wildman–Crippen LogP) is 2.22. The topological polar surface area (TPSA) is 63.4 Å². The zero-order valence-corrected chi connectivity index (χ0v) is 12.0. The van der Waals surface area contributed by atoms with E-state index in [9.17, 15) is 12.8 Å². The molecular weight excluding hydrogens is 267 g/mol. The number of hydrogen-bond donors (Lipinski definition) is 1. The summed E-state index contributed by atoms with van der Waals surface area (Å²) in [7, 11) is -3.64. The Balaban J connectivity index is 2.28. The van der Waals surface area contributed by atoms with E-state index >= 15 is 0 Å². The quantitative estimate of drug-likeness (QED) is 0.848. The Kier molecular flexibility index (Phi) is 3.57. The van der Waals surface area contributed by atoms with Crippen molar-refractivity contribution in [1.29, 1.82) is 0 Å². The second-order valence-electron chi connectivity index (χ2n) is 5.79. The molecule has 0 unspecified atom stereocenters. The number of sulfonamides is 1. The second kappa shape index (κ2) is 4.76. The van der Waals surface area contributed by atoms with E-state index < -0.39 is 15.8 Å². The molecule has 0 aromatic heterocycles. The van der Waals surface area contributed by atoms with E-state index in [1.807, 2.05) is 0 Å². The molecule has 1 heterocycles. The van der Waals surface area contributed by atoms with E-state index in [1.54, 1.807) is 0 Å². The number of benzene rings is 1. The first-order chi connectivity index (χ1) is 8.71. The molecule has 2 rings (SSSR count). The fraction of sp³-hybridized carbons (Fsp3) is 0.538. The van der Waals surface area contributed by atoms with Gasteiger partial charge in [-0.15, -0.1) is 0 Å². The zero-order valence-electron chi connectivity index (χ0n) is 11.2. The number of halogens is 1. The molecule has 2 N–H and O–H groups in total. The third kappa shape index (κ3) is 3.06. The molecule has 106 valence electrons. The first kappa shape index (κ1) is 14.3. The number of anilines is 1. The van der Waals surface area contributed by atoms with Crippen molar-refractivity contribution in [2.45, 2.75) is 31.6 Å². The van der Waals surface area contributed by atoms with Crippen LogP contribution in [0.2, 0.25) is 0 Å². The lowest BCUT2D eigenvalue weighted by molar-refractivity contribution is 0.196. The third-order valence-electron chi connectivity index (χ3n) is 3.61. The van der Waals surface area contributed by atoms with Crippen LogP contribution in [0.1, 0.15) is 26.7 Å². The van der Waals surface area contributed by atoms with E-state index in [1.165, 1.54) is 10.4 Å². The van der Waals surface area contributed by atoms with Gasteiger partial charge in [0.15, 0.2) is 0 Å². The van der Waals surface area contributed by atoms with Crippen LogP contribution in [0.15, 0.2) is 23.1 Å². The van der Waals surface area contributed by atoms with E-state index in [-0.39, 0.29) is 16.0 Å². The van der Waals surface area contributed by atoms with Gasteiger partial charge in [0.25, 0.3) is 0 Å². The number of rotatable bonds is 2. The van der Waals surface area contributed by atoms with Crippen LogP contribution < -0.4 is 5.73 Å². The van der Waals surface area contributed by atoms with Crippen molar-refractivity contribution in [3.05, 3.63) is 24.0 Å². The zero-order chi connectivity index (χ0) is 14.3. The Hall–Kier alpha value is -1.14. The normalized spacial score (nSPS) is 20.4. The molecule has 6 heteroatoms. The first-order valence-corrected chi connectivity index (χ1v) is 7.71. The SMILES string of the molecule is CC1(C)CCN(S(=O)(=O)c2cc(N)cc(F)c2)CC1. The fourth-order valence-corrected chi connectivity index (χ4v) is 3.72. The van der Waals surface area contributed by atoms with Crippen LogP contribution in [0.25, 0.3) is 0 Å². The minimum atomic E-state index is -3.64. The molecule has 19 heavy (non-hydrogen) atoms. The Morgan fingerprint density at radius 2 is 1.79 bits per heavy atom. The van der Waals surface area contributed by atoms with Gasteiger partial charge < -0.3 is 5.73 Å². The van der Waals surface area contributed by atoms with Crippen molar-refractivity contribution in [3.63, 3.8) is 0 Å². The van der Waals surface area contributed by atoms with E-state index in [2.05, 4.69) is 13.8 Å². The van der Waals surface area contributed by atoms with Crippen LogP contribution in [0, 0.1) is 11.2 Å². The molecule has 0 bridgehead atoms. The Morgan fingerprint density at radius 3 is 2.32 bits per heavy atom. The van der Waals surface area contributed by atoms with Crippen molar-refractivity contribution in [3.8, 4) is 0 Å². The molecule has 0 saturated carbocycles. The first-order valence-electron chi connectivity index (χ1n) is 6.27. The highest BCUT2D eigenvalue weighted by Crippen LogP contribution is 2.32. The molecule has 1 aliphatic rings. The standard InChI is InChI=1S/C13H19FN2O2S/c1-13(2)3-5-16(6-4-13)19(17,18)12-8-10(14)7-11(15)9-12/h7-9H,3-6,15H2,1-2H3. The van der Waals surface area contributed by atoms with E-state index in [4.69, 9.17) is 5.73 Å². The highest BCUT2D eigenvalue weighted by molar-refractivity contribution is 7.89. The maximum Gasteiger partial charge on any atom is 0.243 e. The number of piperidine rings is 1. The molecular formula is C13H19FN2O2S. The number of nitrogens with two attached hydrogens (primary N) is 1. The van der Waals surface area contributed by atoms with Crippen LogP contribution in [0.5, 0.6) is 0 Å². The minimum absolute atomic E-state index is 0.0651. The van der Waals surface area contributed by atoms with Gasteiger partial charge in [-0.2, -0.15) is 4.31 Å². The Morgan fingerprint density at radius 1 is 1.21 bits per heavy atom. The Bertz CT molecular complexity index is 554.